The third-order valence-electron chi connectivity index (χ3n) is 0.611. The molecule has 0 spiro atoms. The van der Waals surface area contributed by atoms with Crippen molar-refractivity contribution in [2.24, 2.45) is 17.4 Å². The molecule has 0 bridgehead atoms. The molecule has 0 aromatic carbocycles. The van der Waals surface area contributed by atoms with E-state index in [9.17, 15) is 9.59 Å². The van der Waals surface area contributed by atoms with Gasteiger partial charge < -0.3 is 16.3 Å². The fourth-order valence-corrected chi connectivity index (χ4v) is 0.194. The van der Waals surface area contributed by atoms with E-state index in [1.54, 1.807) is 0 Å². The lowest BCUT2D eigenvalue weighted by Gasteiger charge is -1.98. The molecule has 0 fully saturated rings. The van der Waals surface area contributed by atoms with Crippen LogP contribution in [0.15, 0.2) is 0 Å². The van der Waals surface area contributed by atoms with Crippen molar-refractivity contribution in [2.75, 3.05) is 0 Å². The number of nitrogens with two attached hydrogens (primary N) is 3. The molecule has 0 aliphatic heterocycles. The normalized spacial score (nSPS) is 9.33. The van der Waals surface area contributed by atoms with Gasteiger partial charge in [-0.1, -0.05) is 0 Å². The lowest BCUT2D eigenvalue weighted by molar-refractivity contribution is -0.154. The second-order valence-corrected chi connectivity index (χ2v) is 1.30. The first-order chi connectivity index (χ1) is 4.09. The molecule has 0 amide bonds. The molecule has 0 aliphatic rings. The third kappa shape index (κ3) is 2.17. The molecular formula is C3H7N3O3. The molecule has 6 N–H and O–H groups in total. The van der Waals surface area contributed by atoms with Crippen LogP contribution in [0.25, 0.3) is 0 Å². The largest absolute Gasteiger partial charge is 0.396 e. The zero-order chi connectivity index (χ0) is 7.44. The van der Waals surface area contributed by atoms with Crippen molar-refractivity contribution >= 4 is 11.8 Å². The summed E-state index contributed by atoms with van der Waals surface area (Å²) in [7, 11) is 0. The molecule has 0 heterocycles. The molecule has 0 rings (SSSR count). The highest BCUT2D eigenvalue weighted by Crippen LogP contribution is 1.75. The fourth-order valence-electron chi connectivity index (χ4n) is 0.194. The Bertz CT molecular complexity index is 132. The number of ketones is 1. The second kappa shape index (κ2) is 3.13. The summed E-state index contributed by atoms with van der Waals surface area (Å²) in [5.41, 5.74) is 9.57. The van der Waals surface area contributed by atoms with Gasteiger partial charge in [0, 0.05) is 0 Å². The van der Waals surface area contributed by atoms with Crippen LogP contribution >= 0.6 is 0 Å². The maximum absolute atomic E-state index is 10.3. The predicted molar refractivity (Wildman–Crippen MR) is 27.4 cm³/mol. The van der Waals surface area contributed by atoms with E-state index in [-0.39, 0.29) is 0 Å². The molecule has 0 unspecified atom stereocenters. The van der Waals surface area contributed by atoms with Gasteiger partial charge in [-0.3, -0.25) is 4.79 Å². The second-order valence-electron chi connectivity index (χ2n) is 1.30. The highest BCUT2D eigenvalue weighted by Gasteiger charge is 2.18. The summed E-state index contributed by atoms with van der Waals surface area (Å²) in [5.74, 6) is 2.05. The maximum atomic E-state index is 10.3. The van der Waals surface area contributed by atoms with Crippen molar-refractivity contribution in [2.45, 2.75) is 6.17 Å². The molecule has 0 aromatic rings. The fraction of sp³-hybridized carbons (Fsp3) is 0.333. The Balaban J connectivity index is 3.89. The third-order valence-corrected chi connectivity index (χ3v) is 0.611. The molecule has 9 heavy (non-hydrogen) atoms. The Morgan fingerprint density at radius 1 is 1.33 bits per heavy atom. The molecule has 0 aliphatic carbocycles. The van der Waals surface area contributed by atoms with Gasteiger partial charge in [-0.05, 0) is 0 Å². The molecule has 0 aromatic heterocycles. The van der Waals surface area contributed by atoms with Gasteiger partial charge in [-0.25, -0.2) is 4.79 Å². The van der Waals surface area contributed by atoms with Gasteiger partial charge in [0.1, 0.15) is 6.17 Å². The average Bonchev–Trinajstić information content (AvgIpc) is 1.84. The number of carbonyl (C=O) groups excluding carboxylic acids is 2. The zero-order valence-electron chi connectivity index (χ0n) is 4.53. The van der Waals surface area contributed by atoms with E-state index in [1.807, 2.05) is 0 Å². The number of Topliss-reactive ketones (excluding diaryl/α,β-unsaturated/α-hetero) is 1. The topological polar surface area (TPSA) is 121 Å². The van der Waals surface area contributed by atoms with Gasteiger partial charge in [0.05, 0.1) is 0 Å². The van der Waals surface area contributed by atoms with E-state index < -0.39 is 17.9 Å². The van der Waals surface area contributed by atoms with Gasteiger partial charge in [-0.2, -0.15) is 5.90 Å². The van der Waals surface area contributed by atoms with Gasteiger partial charge in [0.15, 0.2) is 0 Å². The van der Waals surface area contributed by atoms with E-state index >= 15 is 0 Å². The number of hydrogen-bond acceptors (Lipinski definition) is 6. The Morgan fingerprint density at radius 2 is 1.78 bits per heavy atom. The van der Waals surface area contributed by atoms with Crippen LogP contribution in [0.5, 0.6) is 0 Å². The molecule has 0 radical (unpaired) electrons. The SMILES string of the molecule is NOC(=O)C(=O)C(N)N. The van der Waals surface area contributed by atoms with E-state index in [1.165, 1.54) is 0 Å². The van der Waals surface area contributed by atoms with Crippen LogP contribution in [-0.4, -0.2) is 17.9 Å². The van der Waals surface area contributed by atoms with Crippen molar-refractivity contribution in [3.8, 4) is 0 Å². The standard InChI is InChI=1S/C3H7N3O3/c4-2(5)1(7)3(8)9-6/h2H,4-6H2. The monoisotopic (exact) mass is 133 g/mol. The number of carbonyl (C=O) groups is 2. The average molecular weight is 133 g/mol. The van der Waals surface area contributed by atoms with Crippen LogP contribution in [0, 0.1) is 0 Å². The van der Waals surface area contributed by atoms with Crippen molar-refractivity contribution in [3.63, 3.8) is 0 Å². The minimum atomic E-state index is -1.35. The number of rotatable bonds is 2. The van der Waals surface area contributed by atoms with E-state index in [0.29, 0.717) is 0 Å². The first-order valence-corrected chi connectivity index (χ1v) is 2.05. The molecule has 0 atom stereocenters. The van der Waals surface area contributed by atoms with Gasteiger partial charge in [-0.15, -0.1) is 0 Å². The van der Waals surface area contributed by atoms with E-state index in [2.05, 4.69) is 10.7 Å². The van der Waals surface area contributed by atoms with Crippen molar-refractivity contribution < 1.29 is 14.4 Å². The van der Waals surface area contributed by atoms with Crippen molar-refractivity contribution in [1.82, 2.24) is 0 Å². The first-order valence-electron chi connectivity index (χ1n) is 2.05. The summed E-state index contributed by atoms with van der Waals surface area (Å²) in [6.45, 7) is 0. The molecule has 0 saturated heterocycles. The summed E-state index contributed by atoms with van der Waals surface area (Å²) in [5, 5.41) is 0. The number of hydrogen-bond donors (Lipinski definition) is 3. The summed E-state index contributed by atoms with van der Waals surface area (Å²) in [6.07, 6.45) is -1.35. The van der Waals surface area contributed by atoms with Gasteiger partial charge in [0.25, 0.3) is 5.78 Å². The van der Waals surface area contributed by atoms with Crippen LogP contribution in [0.2, 0.25) is 0 Å². The van der Waals surface area contributed by atoms with Crippen LogP contribution < -0.4 is 17.4 Å². The minimum Gasteiger partial charge on any atom is -0.367 e. The molecule has 6 nitrogen and oxygen atoms in total. The summed E-state index contributed by atoms with van der Waals surface area (Å²) in [6, 6.07) is 0. The van der Waals surface area contributed by atoms with Gasteiger partial charge in [0.2, 0.25) is 0 Å². The Kier molecular flexibility index (Phi) is 2.79. The van der Waals surface area contributed by atoms with E-state index in [4.69, 9.17) is 11.5 Å². The minimum absolute atomic E-state index is 1.04. The van der Waals surface area contributed by atoms with Crippen LogP contribution in [0.3, 0.4) is 0 Å². The highest BCUT2D eigenvalue weighted by molar-refractivity contribution is 6.35. The Hall–Kier alpha value is -0.980. The van der Waals surface area contributed by atoms with Crippen molar-refractivity contribution in [1.29, 1.82) is 0 Å². The lowest BCUT2D eigenvalue weighted by Crippen LogP contribution is -2.44. The Labute approximate surface area is 50.9 Å². The zero-order valence-corrected chi connectivity index (χ0v) is 4.53. The maximum Gasteiger partial charge on any atom is 0.396 e. The molecule has 6 heteroatoms. The predicted octanol–water partition coefficient (Wildman–Crippen LogP) is -2.78. The molecular weight excluding hydrogens is 126 g/mol. The van der Waals surface area contributed by atoms with Crippen LogP contribution in [0.1, 0.15) is 0 Å². The smallest absolute Gasteiger partial charge is 0.367 e. The molecule has 52 valence electrons. The highest BCUT2D eigenvalue weighted by atomic mass is 16.7. The lowest BCUT2D eigenvalue weighted by atomic mass is 10.3. The van der Waals surface area contributed by atoms with Gasteiger partial charge >= 0.3 is 5.97 Å². The summed E-state index contributed by atoms with van der Waals surface area (Å²) < 4.78 is 0. The summed E-state index contributed by atoms with van der Waals surface area (Å²) >= 11 is 0. The van der Waals surface area contributed by atoms with E-state index in [0.717, 1.165) is 0 Å². The summed E-state index contributed by atoms with van der Waals surface area (Å²) in [4.78, 5) is 23.9. The Morgan fingerprint density at radius 3 is 1.89 bits per heavy atom. The van der Waals surface area contributed by atoms with Crippen LogP contribution in [-0.2, 0) is 14.4 Å². The van der Waals surface area contributed by atoms with Crippen molar-refractivity contribution in [3.05, 3.63) is 0 Å². The van der Waals surface area contributed by atoms with Crippen LogP contribution in [0.4, 0.5) is 0 Å². The molecule has 0 saturated carbocycles. The quantitative estimate of drug-likeness (QED) is 0.213. The first kappa shape index (κ1) is 8.02.